The van der Waals surface area contributed by atoms with Crippen molar-refractivity contribution in [2.75, 3.05) is 0 Å². The Labute approximate surface area is 81.7 Å². The molecule has 3 aliphatic carbocycles. The molecule has 4 rings (SSSR count). The summed E-state index contributed by atoms with van der Waals surface area (Å²) in [5.41, 5.74) is -0.167. The summed E-state index contributed by atoms with van der Waals surface area (Å²) in [7, 11) is 0. The second-order valence-corrected chi connectivity index (χ2v) is 4.45. The van der Waals surface area contributed by atoms with Gasteiger partial charge in [-0.15, -0.1) is 0 Å². The van der Waals surface area contributed by atoms with Crippen LogP contribution in [-0.4, -0.2) is 11.1 Å². The van der Waals surface area contributed by atoms with E-state index in [9.17, 15) is 4.79 Å². The van der Waals surface area contributed by atoms with Gasteiger partial charge in [-0.1, -0.05) is 0 Å². The zero-order chi connectivity index (χ0) is 9.76. The Morgan fingerprint density at radius 2 is 2.50 bits per heavy atom. The predicted octanol–water partition coefficient (Wildman–Crippen LogP) is 2.03. The van der Waals surface area contributed by atoms with Crippen molar-refractivity contribution in [3.05, 3.63) is 24.2 Å². The van der Waals surface area contributed by atoms with Gasteiger partial charge in [-0.25, -0.2) is 0 Å². The highest BCUT2D eigenvalue weighted by Gasteiger charge is 2.64. The van der Waals surface area contributed by atoms with Gasteiger partial charge in [0.05, 0.1) is 12.2 Å². The molecule has 2 bridgehead atoms. The van der Waals surface area contributed by atoms with Crippen LogP contribution >= 0.6 is 0 Å². The van der Waals surface area contributed by atoms with Crippen LogP contribution in [0.1, 0.15) is 25.0 Å². The van der Waals surface area contributed by atoms with Gasteiger partial charge in [-0.05, 0) is 37.3 Å². The van der Waals surface area contributed by atoms with Crippen LogP contribution in [0.4, 0.5) is 0 Å². The normalized spacial score (nSPS) is 39.4. The maximum Gasteiger partial charge on any atom is 0.307 e. The first-order chi connectivity index (χ1) is 6.74. The fraction of sp³-hybridized carbons (Fsp3) is 0.545. The summed E-state index contributed by atoms with van der Waals surface area (Å²) in [6.45, 7) is 0. The van der Waals surface area contributed by atoms with E-state index < -0.39 is 5.97 Å². The first-order valence-corrected chi connectivity index (χ1v) is 5.01. The van der Waals surface area contributed by atoms with Crippen molar-refractivity contribution in [3.63, 3.8) is 0 Å². The van der Waals surface area contributed by atoms with Gasteiger partial charge in [0.25, 0.3) is 0 Å². The van der Waals surface area contributed by atoms with Gasteiger partial charge >= 0.3 is 5.97 Å². The van der Waals surface area contributed by atoms with Gasteiger partial charge in [0, 0.05) is 5.41 Å². The van der Waals surface area contributed by atoms with Crippen molar-refractivity contribution in [1.29, 1.82) is 0 Å². The molecule has 0 spiro atoms. The average Bonchev–Trinajstić information content (AvgIpc) is 2.77. The highest BCUT2D eigenvalue weighted by atomic mass is 16.4. The molecule has 0 aromatic carbocycles. The van der Waals surface area contributed by atoms with Crippen LogP contribution in [0.5, 0.6) is 0 Å². The van der Waals surface area contributed by atoms with Gasteiger partial charge in [0.15, 0.2) is 0 Å². The van der Waals surface area contributed by atoms with E-state index in [1.165, 1.54) is 0 Å². The lowest BCUT2D eigenvalue weighted by molar-refractivity contribution is -0.151. The molecule has 0 radical (unpaired) electrons. The molecule has 1 heterocycles. The largest absolute Gasteiger partial charge is 0.481 e. The maximum atomic E-state index is 11.1. The number of carboxylic acids is 1. The van der Waals surface area contributed by atoms with E-state index in [1.54, 1.807) is 6.26 Å². The van der Waals surface area contributed by atoms with E-state index >= 15 is 0 Å². The second kappa shape index (κ2) is 2.41. The first kappa shape index (κ1) is 8.09. The molecule has 3 nitrogen and oxygen atoms in total. The molecular weight excluding hydrogens is 180 g/mol. The number of furan rings is 1. The molecule has 3 aliphatic rings. The second-order valence-electron chi connectivity index (χ2n) is 4.45. The van der Waals surface area contributed by atoms with Crippen LogP contribution < -0.4 is 0 Å². The lowest BCUT2D eigenvalue weighted by Crippen LogP contribution is -2.48. The van der Waals surface area contributed by atoms with E-state index in [4.69, 9.17) is 9.52 Å². The van der Waals surface area contributed by atoms with Crippen LogP contribution in [0, 0.1) is 11.8 Å². The molecule has 0 saturated heterocycles. The fourth-order valence-corrected chi connectivity index (χ4v) is 3.35. The molecule has 74 valence electrons. The molecule has 0 aliphatic heterocycles. The Morgan fingerprint density at radius 1 is 1.64 bits per heavy atom. The molecular formula is C11H12O3. The fourth-order valence-electron chi connectivity index (χ4n) is 3.35. The summed E-state index contributed by atoms with van der Waals surface area (Å²) in [4.78, 5) is 11.1. The molecule has 1 aromatic rings. The van der Waals surface area contributed by atoms with E-state index in [1.807, 2.05) is 12.1 Å². The van der Waals surface area contributed by atoms with Gasteiger partial charge in [-0.2, -0.15) is 0 Å². The number of aliphatic carboxylic acids is 1. The number of hydrogen-bond donors (Lipinski definition) is 1. The standard InChI is InChI=1S/C11H12O3/c12-10(13)9-7-3-4-11(9,6-7)8-2-1-5-14-8/h1-2,5,7,9H,3-4,6H2,(H,12,13)/t7-,9+,11-/m0/s1. The number of hydrogen-bond acceptors (Lipinski definition) is 2. The Hall–Kier alpha value is -1.25. The first-order valence-electron chi connectivity index (χ1n) is 5.01. The van der Waals surface area contributed by atoms with Crippen LogP contribution in [0.25, 0.3) is 0 Å². The van der Waals surface area contributed by atoms with E-state index in [0.29, 0.717) is 5.92 Å². The van der Waals surface area contributed by atoms with E-state index in [2.05, 4.69) is 0 Å². The molecule has 3 heteroatoms. The van der Waals surface area contributed by atoms with Crippen molar-refractivity contribution in [1.82, 2.24) is 0 Å². The molecule has 3 atom stereocenters. The van der Waals surface area contributed by atoms with Crippen molar-refractivity contribution in [2.45, 2.75) is 24.7 Å². The van der Waals surface area contributed by atoms with Crippen molar-refractivity contribution < 1.29 is 14.3 Å². The topological polar surface area (TPSA) is 50.4 Å². The van der Waals surface area contributed by atoms with Crippen LogP contribution in [0.15, 0.2) is 22.8 Å². The minimum absolute atomic E-state index is 0.167. The number of rotatable bonds is 2. The third-order valence-electron chi connectivity index (χ3n) is 3.93. The SMILES string of the molecule is O=C(O)[C@H]1[C@H]2CC[C@@]1(c1ccco1)C2. The third kappa shape index (κ3) is 0.757. The highest BCUT2D eigenvalue weighted by molar-refractivity contribution is 5.75. The zero-order valence-corrected chi connectivity index (χ0v) is 7.77. The number of carbonyl (C=O) groups is 1. The van der Waals surface area contributed by atoms with Crippen molar-refractivity contribution >= 4 is 5.97 Å². The van der Waals surface area contributed by atoms with Crippen LogP contribution in [0.2, 0.25) is 0 Å². The quantitative estimate of drug-likeness (QED) is 0.780. The van der Waals surface area contributed by atoms with E-state index in [0.717, 1.165) is 25.0 Å². The lowest BCUT2D eigenvalue weighted by Gasteiger charge is -2.43. The highest BCUT2D eigenvalue weighted by Crippen LogP contribution is 2.63. The summed E-state index contributed by atoms with van der Waals surface area (Å²) in [6, 6.07) is 3.76. The van der Waals surface area contributed by atoms with Crippen molar-refractivity contribution in [2.24, 2.45) is 11.8 Å². The molecule has 3 fully saturated rings. The number of carboxylic acid groups (broad SMARTS) is 1. The third-order valence-corrected chi connectivity index (χ3v) is 3.93. The maximum absolute atomic E-state index is 11.1. The lowest BCUT2D eigenvalue weighted by atomic mass is 9.59. The van der Waals surface area contributed by atoms with Crippen LogP contribution in [0.3, 0.4) is 0 Å². The monoisotopic (exact) mass is 192 g/mol. The molecule has 1 aromatic heterocycles. The summed E-state index contributed by atoms with van der Waals surface area (Å²) >= 11 is 0. The predicted molar refractivity (Wildman–Crippen MR) is 48.9 cm³/mol. The Morgan fingerprint density at radius 3 is 3.07 bits per heavy atom. The van der Waals surface area contributed by atoms with E-state index in [-0.39, 0.29) is 11.3 Å². The molecule has 1 N–H and O–H groups in total. The summed E-state index contributed by atoms with van der Waals surface area (Å²) in [5, 5.41) is 9.14. The molecule has 14 heavy (non-hydrogen) atoms. The minimum atomic E-state index is -0.657. The summed E-state index contributed by atoms with van der Waals surface area (Å²) in [6.07, 6.45) is 4.64. The summed E-state index contributed by atoms with van der Waals surface area (Å²) < 4.78 is 5.38. The zero-order valence-electron chi connectivity index (χ0n) is 7.77. The Kier molecular flexibility index (Phi) is 1.39. The molecule has 0 unspecified atom stereocenters. The number of fused-ring (bicyclic) bond motifs is 1. The smallest absolute Gasteiger partial charge is 0.307 e. The van der Waals surface area contributed by atoms with Crippen LogP contribution in [-0.2, 0) is 10.2 Å². The average molecular weight is 192 g/mol. The minimum Gasteiger partial charge on any atom is -0.481 e. The Bertz CT molecular complexity index is 364. The van der Waals surface area contributed by atoms with Gasteiger partial charge in [-0.3, -0.25) is 4.79 Å². The van der Waals surface area contributed by atoms with Gasteiger partial charge in [0.2, 0.25) is 0 Å². The Balaban J connectivity index is 2.01. The van der Waals surface area contributed by atoms with Gasteiger partial charge < -0.3 is 9.52 Å². The molecule has 3 saturated carbocycles. The molecule has 0 amide bonds. The van der Waals surface area contributed by atoms with Gasteiger partial charge in [0.1, 0.15) is 5.76 Å². The van der Waals surface area contributed by atoms with Crippen molar-refractivity contribution in [3.8, 4) is 0 Å². The summed E-state index contributed by atoms with van der Waals surface area (Å²) in [5.74, 6) is 0.403.